The maximum absolute atomic E-state index is 12.8. The normalized spacial score (nSPS) is 13.0. The Labute approximate surface area is 387 Å². The predicted molar refractivity (Wildman–Crippen MR) is 270 cm³/mol. The first-order valence-corrected chi connectivity index (χ1v) is 25.5. The van der Waals surface area contributed by atoms with Crippen LogP contribution in [0.25, 0.3) is 0 Å². The highest BCUT2D eigenvalue weighted by Crippen LogP contribution is 2.13. The number of allylic oxidation sites excluding steroid dienone is 18. The number of hydrogen-bond donors (Lipinski definition) is 0. The van der Waals surface area contributed by atoms with Crippen molar-refractivity contribution in [1.29, 1.82) is 0 Å². The number of esters is 3. The van der Waals surface area contributed by atoms with Crippen LogP contribution in [-0.2, 0) is 28.6 Å². The van der Waals surface area contributed by atoms with Gasteiger partial charge in [0.15, 0.2) is 6.10 Å². The van der Waals surface area contributed by atoms with Gasteiger partial charge in [0.25, 0.3) is 0 Å². The summed E-state index contributed by atoms with van der Waals surface area (Å²) in [7, 11) is 0. The lowest BCUT2D eigenvalue weighted by Gasteiger charge is -2.18. The van der Waals surface area contributed by atoms with Gasteiger partial charge in [-0.2, -0.15) is 0 Å². The molecule has 0 heterocycles. The monoisotopic (exact) mass is 873 g/mol. The Morgan fingerprint density at radius 2 is 0.571 bits per heavy atom. The topological polar surface area (TPSA) is 78.9 Å². The van der Waals surface area contributed by atoms with Crippen molar-refractivity contribution in [1.82, 2.24) is 0 Å². The van der Waals surface area contributed by atoms with Gasteiger partial charge in [0, 0.05) is 19.3 Å². The van der Waals surface area contributed by atoms with E-state index in [4.69, 9.17) is 14.2 Å². The van der Waals surface area contributed by atoms with E-state index in [-0.39, 0.29) is 31.1 Å². The van der Waals surface area contributed by atoms with Crippen LogP contribution in [0.4, 0.5) is 0 Å². The van der Waals surface area contributed by atoms with E-state index in [0.717, 1.165) is 135 Å². The largest absolute Gasteiger partial charge is 0.462 e. The van der Waals surface area contributed by atoms with Gasteiger partial charge < -0.3 is 14.2 Å². The molecule has 356 valence electrons. The molecule has 6 nitrogen and oxygen atoms in total. The molecular formula is C57H92O6. The molecule has 0 saturated heterocycles. The molecule has 0 saturated carbocycles. The fourth-order valence-corrected chi connectivity index (χ4v) is 6.46. The predicted octanol–water partition coefficient (Wildman–Crippen LogP) is 16.8. The number of unbranched alkanes of at least 4 members (excludes halogenated alkanes) is 21. The molecule has 1 unspecified atom stereocenters. The van der Waals surface area contributed by atoms with E-state index in [1.54, 1.807) is 0 Å². The molecule has 0 rings (SSSR count). The van der Waals surface area contributed by atoms with E-state index < -0.39 is 6.10 Å². The second kappa shape index (κ2) is 50.7. The van der Waals surface area contributed by atoms with Gasteiger partial charge in [-0.05, 0) is 77.0 Å². The Kier molecular flexibility index (Phi) is 47.5. The lowest BCUT2D eigenvalue weighted by atomic mass is 10.1. The number of hydrogen-bond acceptors (Lipinski definition) is 6. The molecule has 0 aromatic carbocycles. The highest BCUT2D eigenvalue weighted by molar-refractivity contribution is 5.71. The molecule has 0 bridgehead atoms. The molecule has 0 aliphatic rings. The average molecular weight is 873 g/mol. The van der Waals surface area contributed by atoms with E-state index in [9.17, 15) is 14.4 Å². The number of carbonyl (C=O) groups excluding carboxylic acids is 3. The van der Waals surface area contributed by atoms with Crippen molar-refractivity contribution in [3.63, 3.8) is 0 Å². The Morgan fingerprint density at radius 1 is 0.317 bits per heavy atom. The first-order chi connectivity index (χ1) is 31.0. The molecule has 0 aliphatic heterocycles. The standard InChI is InChI=1S/C57H92O6/c1-4-7-10-13-16-19-22-25-28-31-34-37-40-43-46-49-55(58)61-52-54(63-57(60)51-48-45-42-39-36-33-30-27-24-21-18-15-12-9-6-3)53-62-56(59)50-47-44-41-38-35-32-29-26-23-20-17-14-11-8-5-2/h13-30,54H,4-12,31-53H2,1-3H3/b16-13-,17-14?,18-15?,22-19?,23-20?,24-21?,28-25?,29-26-,30-27-. The minimum Gasteiger partial charge on any atom is -0.462 e. The van der Waals surface area contributed by atoms with E-state index in [1.165, 1.54) is 38.5 Å². The van der Waals surface area contributed by atoms with E-state index in [2.05, 4.69) is 130 Å². The quantitative estimate of drug-likeness (QED) is 0.0263. The Hall–Kier alpha value is -3.93. The van der Waals surface area contributed by atoms with Gasteiger partial charge in [-0.3, -0.25) is 14.4 Å². The van der Waals surface area contributed by atoms with Gasteiger partial charge in [0.1, 0.15) is 13.2 Å². The molecule has 0 N–H and O–H groups in total. The van der Waals surface area contributed by atoms with Crippen molar-refractivity contribution >= 4 is 17.9 Å². The van der Waals surface area contributed by atoms with Crippen LogP contribution in [0, 0.1) is 0 Å². The summed E-state index contributed by atoms with van der Waals surface area (Å²) in [6.45, 7) is 6.41. The van der Waals surface area contributed by atoms with Crippen LogP contribution in [0.15, 0.2) is 109 Å². The molecule has 63 heavy (non-hydrogen) atoms. The van der Waals surface area contributed by atoms with Crippen molar-refractivity contribution in [3.8, 4) is 0 Å². The summed E-state index contributed by atoms with van der Waals surface area (Å²) in [5, 5.41) is 0. The fraction of sp³-hybridized carbons (Fsp3) is 0.632. The first-order valence-electron chi connectivity index (χ1n) is 25.5. The van der Waals surface area contributed by atoms with Crippen LogP contribution in [-0.4, -0.2) is 37.2 Å². The maximum Gasteiger partial charge on any atom is 0.306 e. The number of ether oxygens (including phenoxy) is 3. The second-order valence-corrected chi connectivity index (χ2v) is 16.5. The Morgan fingerprint density at radius 3 is 0.873 bits per heavy atom. The van der Waals surface area contributed by atoms with Crippen LogP contribution in [0.1, 0.15) is 213 Å². The van der Waals surface area contributed by atoms with Gasteiger partial charge in [0.2, 0.25) is 0 Å². The smallest absolute Gasteiger partial charge is 0.306 e. The van der Waals surface area contributed by atoms with Crippen LogP contribution >= 0.6 is 0 Å². The van der Waals surface area contributed by atoms with Gasteiger partial charge in [-0.15, -0.1) is 0 Å². The highest BCUT2D eigenvalue weighted by atomic mass is 16.6. The summed E-state index contributed by atoms with van der Waals surface area (Å²) in [6, 6.07) is 0. The molecule has 0 aliphatic carbocycles. The molecule has 0 aromatic rings. The Balaban J connectivity index is 4.53. The summed E-state index contributed by atoms with van der Waals surface area (Å²) < 4.78 is 16.7. The third-order valence-electron chi connectivity index (χ3n) is 10.4. The minimum absolute atomic E-state index is 0.106. The second-order valence-electron chi connectivity index (χ2n) is 16.5. The summed E-state index contributed by atoms with van der Waals surface area (Å²) in [6.07, 6.45) is 67.7. The van der Waals surface area contributed by atoms with Crippen molar-refractivity contribution in [2.45, 2.75) is 219 Å². The summed E-state index contributed by atoms with van der Waals surface area (Å²) in [4.78, 5) is 38.0. The van der Waals surface area contributed by atoms with Crippen molar-refractivity contribution in [3.05, 3.63) is 109 Å². The summed E-state index contributed by atoms with van der Waals surface area (Å²) in [5.41, 5.74) is 0. The van der Waals surface area contributed by atoms with Crippen molar-refractivity contribution in [2.75, 3.05) is 13.2 Å². The maximum atomic E-state index is 12.8. The lowest BCUT2D eigenvalue weighted by molar-refractivity contribution is -0.167. The van der Waals surface area contributed by atoms with Crippen LogP contribution in [0.3, 0.4) is 0 Å². The third-order valence-corrected chi connectivity index (χ3v) is 10.4. The highest BCUT2D eigenvalue weighted by Gasteiger charge is 2.19. The summed E-state index contributed by atoms with van der Waals surface area (Å²) in [5.74, 6) is -0.971. The van der Waals surface area contributed by atoms with E-state index in [0.29, 0.717) is 19.3 Å². The molecule has 0 radical (unpaired) electrons. The van der Waals surface area contributed by atoms with Crippen LogP contribution in [0.5, 0.6) is 0 Å². The van der Waals surface area contributed by atoms with Crippen molar-refractivity contribution < 1.29 is 28.6 Å². The summed E-state index contributed by atoms with van der Waals surface area (Å²) >= 11 is 0. The van der Waals surface area contributed by atoms with E-state index >= 15 is 0 Å². The zero-order chi connectivity index (χ0) is 45.8. The first kappa shape index (κ1) is 59.1. The Bertz CT molecular complexity index is 1260. The molecule has 0 aromatic heterocycles. The zero-order valence-corrected chi connectivity index (χ0v) is 40.5. The van der Waals surface area contributed by atoms with Crippen LogP contribution < -0.4 is 0 Å². The van der Waals surface area contributed by atoms with Gasteiger partial charge >= 0.3 is 17.9 Å². The zero-order valence-electron chi connectivity index (χ0n) is 40.5. The average Bonchev–Trinajstić information content (AvgIpc) is 3.28. The SMILES string of the molecule is CCCCC=CC=C/C=C\CCCCCCCC(=O)OCC(COC(=O)CCCCCCCC=CC=C/C=C\CCCC)OC(=O)CCCCCCC/C=C\C=CC=CCCCC. The van der Waals surface area contributed by atoms with E-state index in [1.807, 2.05) is 0 Å². The number of rotatable bonds is 44. The molecule has 0 fully saturated rings. The van der Waals surface area contributed by atoms with Crippen LogP contribution in [0.2, 0.25) is 0 Å². The molecule has 0 amide bonds. The molecule has 0 spiro atoms. The van der Waals surface area contributed by atoms with Gasteiger partial charge in [-0.1, -0.05) is 226 Å². The number of carbonyl (C=O) groups is 3. The van der Waals surface area contributed by atoms with Crippen molar-refractivity contribution in [2.24, 2.45) is 0 Å². The van der Waals surface area contributed by atoms with Gasteiger partial charge in [-0.25, -0.2) is 0 Å². The fourth-order valence-electron chi connectivity index (χ4n) is 6.46. The lowest BCUT2D eigenvalue weighted by Crippen LogP contribution is -2.30. The molecule has 1 atom stereocenters. The molecular weight excluding hydrogens is 781 g/mol. The molecule has 6 heteroatoms. The van der Waals surface area contributed by atoms with Gasteiger partial charge in [0.05, 0.1) is 0 Å². The third kappa shape index (κ3) is 49.0. The minimum atomic E-state index is -0.807.